The summed E-state index contributed by atoms with van der Waals surface area (Å²) in [4.78, 5) is 11.5. The van der Waals surface area contributed by atoms with Crippen molar-refractivity contribution in [3.05, 3.63) is 35.4 Å². The summed E-state index contributed by atoms with van der Waals surface area (Å²) in [6, 6.07) is 8.37. The number of hydrogen-bond acceptors (Lipinski definition) is 4. The molecule has 1 atom stereocenters. The summed E-state index contributed by atoms with van der Waals surface area (Å²) in [6.07, 6.45) is 0.256. The van der Waals surface area contributed by atoms with Crippen LogP contribution in [0.15, 0.2) is 24.3 Å². The third-order valence-corrected chi connectivity index (χ3v) is 2.19. The molecule has 2 N–H and O–H groups in total. The van der Waals surface area contributed by atoms with Crippen LogP contribution in [0.4, 0.5) is 0 Å². The minimum Gasteiger partial charge on any atom is -0.462 e. The van der Waals surface area contributed by atoms with Crippen LogP contribution in [0.5, 0.6) is 0 Å². The van der Waals surface area contributed by atoms with Crippen molar-refractivity contribution in [3.63, 3.8) is 0 Å². The molecule has 1 rings (SSSR count). The normalized spacial score (nSPS) is 11.9. The van der Waals surface area contributed by atoms with E-state index in [4.69, 9.17) is 15.7 Å². The summed E-state index contributed by atoms with van der Waals surface area (Å²) in [5.74, 6) is -0.399. The number of nitrogens with zero attached hydrogens (tertiary/aromatic N) is 1. The second-order valence-corrected chi connectivity index (χ2v) is 4.10. The van der Waals surface area contributed by atoms with Gasteiger partial charge in [-0.15, -0.1) is 0 Å². The Bertz CT molecular complexity index is 418. The third-order valence-electron chi connectivity index (χ3n) is 2.19. The largest absolute Gasteiger partial charge is 0.462 e. The van der Waals surface area contributed by atoms with Crippen LogP contribution in [-0.4, -0.2) is 18.1 Å². The molecule has 4 heteroatoms. The molecular weight excluding hydrogens is 216 g/mol. The molecule has 1 aromatic carbocycles. The molecule has 0 aliphatic heterocycles. The zero-order chi connectivity index (χ0) is 12.8. The molecule has 0 aromatic heterocycles. The van der Waals surface area contributed by atoms with Crippen molar-refractivity contribution in [1.29, 1.82) is 5.26 Å². The van der Waals surface area contributed by atoms with Crippen molar-refractivity contribution < 1.29 is 9.53 Å². The van der Waals surface area contributed by atoms with E-state index in [1.165, 1.54) is 0 Å². The van der Waals surface area contributed by atoms with Crippen LogP contribution >= 0.6 is 0 Å². The van der Waals surface area contributed by atoms with Crippen molar-refractivity contribution in [3.8, 4) is 6.07 Å². The second kappa shape index (κ2) is 6.02. The number of hydrogen-bond donors (Lipinski definition) is 1. The molecule has 0 amide bonds. The van der Waals surface area contributed by atoms with E-state index in [2.05, 4.69) is 0 Å². The molecule has 90 valence electrons. The Morgan fingerprint density at radius 1 is 1.41 bits per heavy atom. The van der Waals surface area contributed by atoms with Gasteiger partial charge >= 0.3 is 5.97 Å². The molecule has 0 aliphatic rings. The van der Waals surface area contributed by atoms with Gasteiger partial charge in [-0.3, -0.25) is 4.79 Å². The second-order valence-electron chi connectivity index (χ2n) is 4.10. The van der Waals surface area contributed by atoms with Crippen LogP contribution < -0.4 is 5.73 Å². The molecule has 0 aliphatic carbocycles. The minimum absolute atomic E-state index is 0.158. The lowest BCUT2D eigenvalue weighted by molar-refractivity contribution is -0.148. The third kappa shape index (κ3) is 4.25. The quantitative estimate of drug-likeness (QED) is 0.796. The van der Waals surface area contributed by atoms with Crippen molar-refractivity contribution in [1.82, 2.24) is 0 Å². The van der Waals surface area contributed by atoms with E-state index in [0.29, 0.717) is 12.0 Å². The fourth-order valence-corrected chi connectivity index (χ4v) is 1.37. The molecule has 4 nitrogen and oxygen atoms in total. The Balaban J connectivity index is 2.58. The molecular formula is C13H16N2O2. The smallest absolute Gasteiger partial charge is 0.323 e. The van der Waals surface area contributed by atoms with E-state index in [1.54, 1.807) is 38.1 Å². The number of ether oxygens (including phenoxy) is 1. The molecule has 17 heavy (non-hydrogen) atoms. The first-order chi connectivity index (χ1) is 8.02. The Kier molecular flexibility index (Phi) is 4.68. The van der Waals surface area contributed by atoms with Crippen LogP contribution in [0.25, 0.3) is 0 Å². The van der Waals surface area contributed by atoms with Gasteiger partial charge in [0.1, 0.15) is 6.04 Å². The molecule has 0 bridgehead atoms. The average molecular weight is 232 g/mol. The van der Waals surface area contributed by atoms with Crippen molar-refractivity contribution in [2.75, 3.05) is 0 Å². The summed E-state index contributed by atoms with van der Waals surface area (Å²) < 4.78 is 5.01. The van der Waals surface area contributed by atoms with Gasteiger partial charge in [-0.1, -0.05) is 12.1 Å². The number of benzene rings is 1. The first-order valence-corrected chi connectivity index (χ1v) is 5.48. The summed E-state index contributed by atoms with van der Waals surface area (Å²) in [5, 5.41) is 8.65. The van der Waals surface area contributed by atoms with E-state index < -0.39 is 12.0 Å². The molecule has 0 radical (unpaired) electrons. The predicted octanol–water partition coefficient (Wildman–Crippen LogP) is 1.38. The first kappa shape index (κ1) is 13.2. The zero-order valence-electron chi connectivity index (χ0n) is 10.0. The van der Waals surface area contributed by atoms with Crippen LogP contribution in [0.1, 0.15) is 25.0 Å². The molecule has 0 spiro atoms. The lowest BCUT2D eigenvalue weighted by atomic mass is 10.1. The van der Waals surface area contributed by atoms with Gasteiger partial charge in [0.05, 0.1) is 17.7 Å². The summed E-state index contributed by atoms with van der Waals surface area (Å²) >= 11 is 0. The summed E-state index contributed by atoms with van der Waals surface area (Å²) in [5.41, 5.74) is 7.23. The van der Waals surface area contributed by atoms with Crippen LogP contribution in [0, 0.1) is 11.3 Å². The summed E-state index contributed by atoms with van der Waals surface area (Å²) in [7, 11) is 0. The molecule has 0 heterocycles. The van der Waals surface area contributed by atoms with Gasteiger partial charge in [-0.25, -0.2) is 0 Å². The fraction of sp³-hybridized carbons (Fsp3) is 0.385. The van der Waals surface area contributed by atoms with Crippen molar-refractivity contribution in [2.45, 2.75) is 32.4 Å². The minimum atomic E-state index is -0.662. The standard InChI is InChI=1S/C13H16N2O2/c1-9(2)17-13(16)12(15)7-10-3-5-11(8-14)6-4-10/h3-6,9,12H,7,15H2,1-2H3/t12-/m0/s1. The van der Waals surface area contributed by atoms with Crippen molar-refractivity contribution in [2.24, 2.45) is 5.73 Å². The molecule has 0 unspecified atom stereocenters. The Labute approximate surface area is 101 Å². The maximum Gasteiger partial charge on any atom is 0.323 e. The number of nitrogens with two attached hydrogens (primary N) is 1. The predicted molar refractivity (Wildman–Crippen MR) is 64.1 cm³/mol. The first-order valence-electron chi connectivity index (χ1n) is 5.48. The van der Waals surface area contributed by atoms with E-state index in [1.807, 2.05) is 6.07 Å². The van der Waals surface area contributed by atoms with Gasteiger partial charge in [-0.2, -0.15) is 5.26 Å². The maximum absolute atomic E-state index is 11.5. The van der Waals surface area contributed by atoms with Gasteiger partial charge in [0.15, 0.2) is 0 Å². The number of carbonyl (C=O) groups is 1. The number of esters is 1. The molecule has 0 saturated carbocycles. The number of carbonyl (C=O) groups excluding carboxylic acids is 1. The Hall–Kier alpha value is -1.86. The van der Waals surface area contributed by atoms with Crippen molar-refractivity contribution >= 4 is 5.97 Å². The highest BCUT2D eigenvalue weighted by Crippen LogP contribution is 2.06. The monoisotopic (exact) mass is 232 g/mol. The topological polar surface area (TPSA) is 76.1 Å². The van der Waals surface area contributed by atoms with Crippen LogP contribution in [-0.2, 0) is 16.0 Å². The van der Waals surface area contributed by atoms with E-state index in [0.717, 1.165) is 5.56 Å². The van der Waals surface area contributed by atoms with Gasteiger partial charge in [0, 0.05) is 0 Å². The van der Waals surface area contributed by atoms with E-state index >= 15 is 0 Å². The lowest BCUT2D eigenvalue weighted by Gasteiger charge is -2.13. The fourth-order valence-electron chi connectivity index (χ4n) is 1.37. The molecule has 0 fully saturated rings. The van der Waals surface area contributed by atoms with Gasteiger partial charge in [0.2, 0.25) is 0 Å². The van der Waals surface area contributed by atoms with E-state index in [-0.39, 0.29) is 6.10 Å². The molecule has 0 saturated heterocycles. The highest BCUT2D eigenvalue weighted by atomic mass is 16.5. The lowest BCUT2D eigenvalue weighted by Crippen LogP contribution is -2.35. The van der Waals surface area contributed by atoms with Crippen LogP contribution in [0.2, 0.25) is 0 Å². The highest BCUT2D eigenvalue weighted by Gasteiger charge is 2.16. The SMILES string of the molecule is CC(C)OC(=O)[C@@H](N)Cc1ccc(C#N)cc1. The number of nitriles is 1. The average Bonchev–Trinajstić information content (AvgIpc) is 2.29. The zero-order valence-corrected chi connectivity index (χ0v) is 10.0. The van der Waals surface area contributed by atoms with Crippen LogP contribution in [0.3, 0.4) is 0 Å². The van der Waals surface area contributed by atoms with Gasteiger partial charge < -0.3 is 10.5 Å². The highest BCUT2D eigenvalue weighted by molar-refractivity contribution is 5.76. The number of rotatable bonds is 4. The Morgan fingerprint density at radius 2 is 2.00 bits per heavy atom. The van der Waals surface area contributed by atoms with Gasteiger partial charge in [0.25, 0.3) is 0 Å². The maximum atomic E-state index is 11.5. The van der Waals surface area contributed by atoms with E-state index in [9.17, 15) is 4.79 Å². The summed E-state index contributed by atoms with van der Waals surface area (Å²) in [6.45, 7) is 3.57. The Morgan fingerprint density at radius 3 is 2.47 bits per heavy atom. The molecule has 1 aromatic rings. The van der Waals surface area contributed by atoms with Gasteiger partial charge in [-0.05, 0) is 38.0 Å².